The van der Waals surface area contributed by atoms with Gasteiger partial charge in [-0.2, -0.15) is 0 Å². The molecule has 0 nitrogen and oxygen atoms in total. The van der Waals surface area contributed by atoms with E-state index in [1.165, 1.54) is 166 Å². The van der Waals surface area contributed by atoms with Crippen molar-refractivity contribution < 1.29 is 0 Å². The Morgan fingerprint density at radius 1 is 0.128 bits per heavy atom. The average Bonchev–Trinajstić information content (AvgIpc) is 3.89. The van der Waals surface area contributed by atoms with Gasteiger partial charge < -0.3 is 0 Å². The highest BCUT2D eigenvalue weighted by atomic mass is 14.4. The van der Waals surface area contributed by atoms with Crippen LogP contribution < -0.4 is 0 Å². The first-order chi connectivity index (χ1) is 38.8. The average molecular weight is 985 g/mol. The summed E-state index contributed by atoms with van der Waals surface area (Å²) in [7, 11) is 0. The van der Waals surface area contributed by atoms with Crippen molar-refractivity contribution in [1.29, 1.82) is 0 Å². The van der Waals surface area contributed by atoms with Crippen LogP contribution in [0.3, 0.4) is 0 Å². The van der Waals surface area contributed by atoms with Gasteiger partial charge in [-0.25, -0.2) is 0 Å². The molecule has 2 aliphatic carbocycles. The summed E-state index contributed by atoms with van der Waals surface area (Å²) in [5, 5.41) is 7.62. The van der Waals surface area contributed by atoms with Crippen LogP contribution in [-0.4, -0.2) is 0 Å². The molecule has 0 heterocycles. The minimum atomic E-state index is 1.20. The van der Waals surface area contributed by atoms with E-state index in [4.69, 9.17) is 0 Å². The second kappa shape index (κ2) is 17.7. The van der Waals surface area contributed by atoms with Crippen molar-refractivity contribution in [3.63, 3.8) is 0 Å². The molecule has 0 radical (unpaired) electrons. The molecule has 0 atom stereocenters. The van der Waals surface area contributed by atoms with Gasteiger partial charge >= 0.3 is 0 Å². The SMILES string of the molecule is c1ccc(-c2cc3c(-c4ccccc4)c4c(c(-c5ccccc5)c3cc2-c2ccccc2)-c2ccc3c5c(ccc-4c25)-c2c-3c(-c3ccccc3)c3cc(-c4ccccc4)c(-c4ccccc4)cc3c2-c2ccccc2)cc1. The maximum Gasteiger partial charge on any atom is -0.000740 e. The Hall–Kier alpha value is -10.1. The van der Waals surface area contributed by atoms with Gasteiger partial charge in [0.15, 0.2) is 0 Å². The van der Waals surface area contributed by atoms with Crippen LogP contribution in [0.15, 0.2) is 291 Å². The highest BCUT2D eigenvalue weighted by Gasteiger charge is 2.38. The van der Waals surface area contributed by atoms with E-state index in [0.717, 1.165) is 0 Å². The summed E-state index contributed by atoms with van der Waals surface area (Å²) in [4.78, 5) is 0. The fraction of sp³-hybridized carbons (Fsp3) is 0. The first-order valence-corrected chi connectivity index (χ1v) is 27.2. The maximum atomic E-state index is 2.51. The van der Waals surface area contributed by atoms with Gasteiger partial charge in [-0.05, 0) is 190 Å². The quantitative estimate of drug-likeness (QED) is 0.142. The van der Waals surface area contributed by atoms with Crippen LogP contribution >= 0.6 is 0 Å². The lowest BCUT2D eigenvalue weighted by Crippen LogP contribution is -1.96. The van der Waals surface area contributed by atoms with Gasteiger partial charge in [0.25, 0.3) is 0 Å². The molecule has 0 bridgehead atoms. The molecular weight excluding hydrogens is 937 g/mol. The van der Waals surface area contributed by atoms with Gasteiger partial charge in [0.1, 0.15) is 0 Å². The lowest BCUT2D eigenvalue weighted by atomic mass is 9.79. The van der Waals surface area contributed by atoms with Gasteiger partial charge in [0, 0.05) is 0 Å². The highest BCUT2D eigenvalue weighted by molar-refractivity contribution is 6.36. The minimum absolute atomic E-state index is 1.20. The van der Waals surface area contributed by atoms with E-state index in [9.17, 15) is 0 Å². The van der Waals surface area contributed by atoms with Crippen molar-refractivity contribution in [2.75, 3.05) is 0 Å². The smallest absolute Gasteiger partial charge is 0.000740 e. The van der Waals surface area contributed by atoms with Crippen molar-refractivity contribution in [3.8, 4) is 134 Å². The van der Waals surface area contributed by atoms with E-state index in [1.54, 1.807) is 0 Å². The molecular formula is C78H48. The Bertz CT molecular complexity index is 4080. The van der Waals surface area contributed by atoms with Gasteiger partial charge in [-0.15, -0.1) is 0 Å². The van der Waals surface area contributed by atoms with Crippen molar-refractivity contribution in [1.82, 2.24) is 0 Å². The van der Waals surface area contributed by atoms with Crippen molar-refractivity contribution >= 4 is 32.3 Å². The van der Waals surface area contributed by atoms with Crippen molar-refractivity contribution in [2.45, 2.75) is 0 Å². The molecule has 0 saturated carbocycles. The summed E-state index contributed by atoms with van der Waals surface area (Å²) < 4.78 is 0. The molecule has 0 aromatic heterocycles. The molecule has 16 rings (SSSR count). The summed E-state index contributed by atoms with van der Waals surface area (Å²) >= 11 is 0. The summed E-state index contributed by atoms with van der Waals surface area (Å²) in [5.41, 5.74) is 29.9. The largest absolute Gasteiger partial charge is 0.0622 e. The van der Waals surface area contributed by atoms with Crippen LogP contribution in [0, 0.1) is 0 Å². The van der Waals surface area contributed by atoms with Gasteiger partial charge in [-0.3, -0.25) is 0 Å². The van der Waals surface area contributed by atoms with Crippen molar-refractivity contribution in [2.24, 2.45) is 0 Å². The van der Waals surface area contributed by atoms with E-state index >= 15 is 0 Å². The molecule has 0 aliphatic heterocycles. The topological polar surface area (TPSA) is 0 Å². The zero-order valence-corrected chi connectivity index (χ0v) is 42.7. The lowest BCUT2D eigenvalue weighted by molar-refractivity contribution is 1.58. The molecule has 0 fully saturated rings. The van der Waals surface area contributed by atoms with Crippen LogP contribution in [0.25, 0.3) is 166 Å². The molecule has 0 spiro atoms. The summed E-state index contributed by atoms with van der Waals surface area (Å²) in [6.07, 6.45) is 0. The van der Waals surface area contributed by atoms with Crippen LogP contribution in [0.1, 0.15) is 0 Å². The van der Waals surface area contributed by atoms with E-state index < -0.39 is 0 Å². The number of hydrogen-bond acceptors (Lipinski definition) is 0. The number of benzene rings is 14. The van der Waals surface area contributed by atoms with E-state index in [2.05, 4.69) is 291 Å². The van der Waals surface area contributed by atoms with Gasteiger partial charge in [-0.1, -0.05) is 267 Å². The molecule has 2 aliphatic rings. The normalized spacial score (nSPS) is 11.8. The van der Waals surface area contributed by atoms with Crippen LogP contribution in [-0.2, 0) is 0 Å². The fourth-order valence-electron chi connectivity index (χ4n) is 13.5. The third-order valence-corrected chi connectivity index (χ3v) is 16.7. The molecule has 0 unspecified atom stereocenters. The molecule has 0 N–H and O–H groups in total. The third-order valence-electron chi connectivity index (χ3n) is 16.7. The third kappa shape index (κ3) is 6.67. The monoisotopic (exact) mass is 984 g/mol. The number of hydrogen-bond donors (Lipinski definition) is 0. The van der Waals surface area contributed by atoms with E-state index in [-0.39, 0.29) is 0 Å². The highest BCUT2D eigenvalue weighted by Crippen LogP contribution is 2.65. The zero-order chi connectivity index (χ0) is 51.3. The van der Waals surface area contributed by atoms with Gasteiger partial charge in [0.05, 0.1) is 0 Å². The Kier molecular flexibility index (Phi) is 10.0. The number of fused-ring (bicyclic) bond motifs is 8. The van der Waals surface area contributed by atoms with E-state index in [0.29, 0.717) is 0 Å². The fourth-order valence-corrected chi connectivity index (χ4v) is 13.5. The summed E-state index contributed by atoms with van der Waals surface area (Å²) in [5.74, 6) is 0. The van der Waals surface area contributed by atoms with E-state index in [1.807, 2.05) is 0 Å². The second-order valence-electron chi connectivity index (χ2n) is 20.9. The van der Waals surface area contributed by atoms with Crippen molar-refractivity contribution in [3.05, 3.63) is 291 Å². The molecule has 0 saturated heterocycles. The Balaban J connectivity index is 1.08. The molecule has 14 aromatic rings. The van der Waals surface area contributed by atoms with Gasteiger partial charge in [0.2, 0.25) is 0 Å². The van der Waals surface area contributed by atoms with Crippen LogP contribution in [0.4, 0.5) is 0 Å². The van der Waals surface area contributed by atoms with Crippen LogP contribution in [0.2, 0.25) is 0 Å². The van der Waals surface area contributed by atoms with Crippen LogP contribution in [0.5, 0.6) is 0 Å². The first-order valence-electron chi connectivity index (χ1n) is 27.2. The molecule has 0 amide bonds. The zero-order valence-electron chi connectivity index (χ0n) is 42.7. The lowest BCUT2D eigenvalue weighted by Gasteiger charge is -2.23. The Morgan fingerprint density at radius 3 is 0.474 bits per heavy atom. The Morgan fingerprint density at radius 2 is 0.295 bits per heavy atom. The summed E-state index contributed by atoms with van der Waals surface area (Å²) in [6.45, 7) is 0. The summed E-state index contributed by atoms with van der Waals surface area (Å²) in [6, 6.07) is 108. The minimum Gasteiger partial charge on any atom is -0.0622 e. The number of rotatable bonds is 8. The Labute approximate surface area is 454 Å². The molecule has 0 heteroatoms. The molecule has 14 aromatic carbocycles. The molecule has 360 valence electrons. The maximum absolute atomic E-state index is 2.51. The molecule has 78 heavy (non-hydrogen) atoms. The predicted octanol–water partition coefficient (Wildman–Crippen LogP) is 21.8. The standard InChI is InChI=1S/C78H48/c1-9-25-49(26-10-1)61-45-65-66(46-62(61)50-27-11-2-12-28-50)70(54-35-19-6-20-36-54)76-58-43-44-60-74-59(42-41-57(73(58)74)75(76)69(65)53-33-17-5-18-34-53)77-71(55-37-21-7-22-38-55)67-47-63(51-29-13-3-14-30-51)64(52-31-15-4-16-32-52)48-68(67)72(78(60)77)56-39-23-8-24-40-56/h1-48H. The predicted molar refractivity (Wildman–Crippen MR) is 331 cm³/mol. The second-order valence-corrected chi connectivity index (χ2v) is 20.9. The first kappa shape index (κ1) is 44.2.